The molecule has 20 heteroatoms. The first-order chi connectivity index (χ1) is 36.9. The molecule has 1 saturated carbocycles. The standard InChI is InChI=1S/C57H65ClF4N8O7/c1-30-27-69(20-16-34(30)28-68-19-17-37(31(2)26-68)46-40(59)24-39-52(51(46)62)67(4)66-54(39)70-21-18-44(72)65-56(70)75)55(74)33-10-12-36(13-11-33)64-29-57(35-8-6-5-7-9-35)32(3)45-43(77-57)25-41(60)49(58)48(45)47-38(53(63)73)14-15-42(50(47)61)76-23-22-71/h5-9,14-15,24-25,30-34,36-37,64,71H,10-13,16-23,26-29H2,1-4H3,(H2,63,73)(H,65,72,75)/t30-,31+,32+,33?,34-,36?,37-,57+/m1/s1. The number of nitrogens with zero attached hydrogens (tertiary/aromatic N) is 5. The number of rotatable bonds is 14. The molecule has 15 nitrogen and oxygen atoms in total. The number of piperidine rings is 2. The van der Waals surface area contributed by atoms with Gasteiger partial charge in [-0.3, -0.25) is 29.3 Å². The predicted molar refractivity (Wildman–Crippen MR) is 282 cm³/mol. The highest BCUT2D eigenvalue weighted by molar-refractivity contribution is 6.34. The van der Waals surface area contributed by atoms with Gasteiger partial charge in [0, 0.05) is 98.9 Å². The van der Waals surface area contributed by atoms with E-state index in [1.54, 1.807) is 7.05 Å². The Labute approximate surface area is 449 Å². The predicted octanol–water partition coefficient (Wildman–Crippen LogP) is 8.52. The Balaban J connectivity index is 0.757. The number of aromatic nitrogens is 2. The Hall–Kier alpha value is -6.28. The monoisotopic (exact) mass is 1080 g/mol. The summed E-state index contributed by atoms with van der Waals surface area (Å²) in [5.41, 5.74) is 5.32. The maximum absolute atomic E-state index is 16.5. The van der Waals surface area contributed by atoms with E-state index in [-0.39, 0.29) is 112 Å². The number of halogens is 5. The first kappa shape index (κ1) is 54.1. The maximum Gasteiger partial charge on any atom is 0.329 e. The van der Waals surface area contributed by atoms with Gasteiger partial charge in [-0.2, -0.15) is 5.10 Å². The number of aliphatic hydroxyl groups is 1. The van der Waals surface area contributed by atoms with E-state index in [2.05, 4.69) is 27.6 Å². The number of urea groups is 1. The molecule has 0 bridgehead atoms. The number of amides is 5. The summed E-state index contributed by atoms with van der Waals surface area (Å²) < 4.78 is 78.5. The summed E-state index contributed by atoms with van der Waals surface area (Å²) in [4.78, 5) is 57.0. The van der Waals surface area contributed by atoms with Gasteiger partial charge >= 0.3 is 6.03 Å². The van der Waals surface area contributed by atoms with E-state index in [0.29, 0.717) is 56.9 Å². The van der Waals surface area contributed by atoms with Gasteiger partial charge in [-0.05, 0) is 92.5 Å². The van der Waals surface area contributed by atoms with Gasteiger partial charge in [0.05, 0.1) is 22.6 Å². The summed E-state index contributed by atoms with van der Waals surface area (Å²) in [6.45, 7) is 9.29. The maximum atomic E-state index is 16.5. The molecule has 5 aromatic rings. The Bertz CT molecular complexity index is 3120. The average molecular weight is 1090 g/mol. The van der Waals surface area contributed by atoms with Crippen LogP contribution in [0.3, 0.4) is 0 Å². The van der Waals surface area contributed by atoms with Crippen LogP contribution in [0.15, 0.2) is 54.6 Å². The second-order valence-electron chi connectivity index (χ2n) is 21.8. The van der Waals surface area contributed by atoms with Crippen LogP contribution in [0.4, 0.5) is 28.2 Å². The summed E-state index contributed by atoms with van der Waals surface area (Å²) >= 11 is 6.73. The van der Waals surface area contributed by atoms with Crippen LogP contribution >= 0.6 is 11.6 Å². The SMILES string of the molecule is C[C@@H]1CN(C(=O)C2CCC(NC[C@]3(c4ccccc4)Oc4cc(F)c(Cl)c(-c5c(C(N)=O)ccc(OCCO)c5F)c4[C@@H]3C)CC2)CC[C@@H]1CN1CC[C@@H](c2c(F)cc3c(N4CCC(=O)NC4=O)nn(C)c3c2F)[C@@H](C)C1. The number of aryl methyl sites for hydroxylation is 1. The Morgan fingerprint density at radius 2 is 1.66 bits per heavy atom. The number of carbonyl (C=O) groups is 4. The largest absolute Gasteiger partial charge is 0.488 e. The van der Waals surface area contributed by atoms with Gasteiger partial charge < -0.3 is 35.4 Å². The number of nitrogens with one attached hydrogen (secondary N) is 2. The summed E-state index contributed by atoms with van der Waals surface area (Å²) in [6.07, 6.45) is 4.31. The van der Waals surface area contributed by atoms with Crippen molar-refractivity contribution in [2.75, 3.05) is 63.9 Å². The van der Waals surface area contributed by atoms with Crippen molar-refractivity contribution in [3.8, 4) is 22.6 Å². The van der Waals surface area contributed by atoms with E-state index >= 15 is 17.6 Å². The van der Waals surface area contributed by atoms with E-state index < -0.39 is 64.3 Å². The molecule has 0 unspecified atom stereocenters. The van der Waals surface area contributed by atoms with Crippen LogP contribution in [0.5, 0.6) is 11.5 Å². The molecule has 4 aliphatic heterocycles. The lowest BCUT2D eigenvalue weighted by Gasteiger charge is -2.43. The number of nitrogens with two attached hydrogens (primary N) is 1. The highest BCUT2D eigenvalue weighted by atomic mass is 35.5. The molecule has 5 amide bonds. The lowest BCUT2D eigenvalue weighted by atomic mass is 9.77. The fourth-order valence-corrected chi connectivity index (χ4v) is 13.3. The molecule has 410 valence electrons. The molecular weight excluding hydrogens is 1020 g/mol. The second-order valence-corrected chi connectivity index (χ2v) is 22.2. The summed E-state index contributed by atoms with van der Waals surface area (Å²) in [6, 6.07) is 13.8. The molecule has 3 saturated heterocycles. The van der Waals surface area contributed by atoms with Crippen molar-refractivity contribution in [1.82, 2.24) is 30.2 Å². The third-order valence-corrected chi connectivity index (χ3v) is 17.6. The summed E-state index contributed by atoms with van der Waals surface area (Å²) in [5, 5.41) is 19.5. The van der Waals surface area contributed by atoms with Crippen LogP contribution in [0, 0.1) is 46.9 Å². The number of imide groups is 1. The summed E-state index contributed by atoms with van der Waals surface area (Å²) in [7, 11) is 1.56. The lowest BCUT2D eigenvalue weighted by Crippen LogP contribution is -2.50. The van der Waals surface area contributed by atoms with Gasteiger partial charge in [0.25, 0.3) is 0 Å². The third-order valence-electron chi connectivity index (χ3n) is 17.2. The van der Waals surface area contributed by atoms with Crippen molar-refractivity contribution in [3.63, 3.8) is 0 Å². The quantitative estimate of drug-likeness (QED) is 0.0787. The normalized spacial score (nSPS) is 25.9. The number of anilines is 1. The van der Waals surface area contributed by atoms with Gasteiger partial charge in [0.15, 0.2) is 28.8 Å². The van der Waals surface area contributed by atoms with Crippen LogP contribution in [-0.2, 0) is 22.2 Å². The number of likely N-dealkylation sites (tertiary alicyclic amines) is 2. The Morgan fingerprint density at radius 3 is 2.35 bits per heavy atom. The van der Waals surface area contributed by atoms with Crippen LogP contribution in [0.25, 0.3) is 22.0 Å². The minimum atomic E-state index is -1.14. The fraction of sp³-hybridized carbons (Fsp3) is 0.491. The van der Waals surface area contributed by atoms with Crippen molar-refractivity contribution < 1.29 is 51.3 Å². The lowest BCUT2D eigenvalue weighted by molar-refractivity contribution is -0.139. The number of hydrogen-bond acceptors (Lipinski definition) is 10. The van der Waals surface area contributed by atoms with E-state index in [1.807, 2.05) is 49.1 Å². The number of fused-ring (bicyclic) bond motifs is 2. The molecule has 0 radical (unpaired) electrons. The highest BCUT2D eigenvalue weighted by Crippen LogP contribution is 2.57. The van der Waals surface area contributed by atoms with Crippen LogP contribution < -0.4 is 30.7 Å². The van der Waals surface area contributed by atoms with Crippen molar-refractivity contribution in [1.29, 1.82) is 0 Å². The molecule has 5 aliphatic rings. The second kappa shape index (κ2) is 21.9. The molecule has 5 N–H and O–H groups in total. The van der Waals surface area contributed by atoms with Gasteiger partial charge in [0.1, 0.15) is 29.5 Å². The van der Waals surface area contributed by atoms with Gasteiger partial charge in [-0.15, -0.1) is 0 Å². The molecule has 1 aliphatic carbocycles. The third kappa shape index (κ3) is 10.0. The van der Waals surface area contributed by atoms with Crippen LogP contribution in [0.1, 0.15) is 105 Å². The molecule has 5 heterocycles. The molecule has 10 rings (SSSR count). The Morgan fingerprint density at radius 1 is 0.909 bits per heavy atom. The smallest absolute Gasteiger partial charge is 0.329 e. The molecule has 1 aromatic heterocycles. The van der Waals surface area contributed by atoms with E-state index in [4.69, 9.17) is 26.8 Å². The van der Waals surface area contributed by atoms with E-state index in [9.17, 15) is 24.3 Å². The van der Waals surface area contributed by atoms with Crippen LogP contribution in [0.2, 0.25) is 5.02 Å². The zero-order valence-electron chi connectivity index (χ0n) is 43.7. The summed E-state index contributed by atoms with van der Waals surface area (Å²) in [5.74, 6) is -5.00. The molecule has 77 heavy (non-hydrogen) atoms. The topological polar surface area (TPSA) is 185 Å². The number of primary amides is 1. The number of ether oxygens (including phenoxy) is 2. The first-order valence-electron chi connectivity index (χ1n) is 26.7. The van der Waals surface area contributed by atoms with Crippen molar-refractivity contribution in [3.05, 3.63) is 105 Å². The molecule has 6 atom stereocenters. The Kier molecular flexibility index (Phi) is 15.4. The van der Waals surface area contributed by atoms with Crippen LogP contribution in [-0.4, -0.2) is 114 Å². The van der Waals surface area contributed by atoms with Gasteiger partial charge in [-0.1, -0.05) is 62.7 Å². The zero-order valence-corrected chi connectivity index (χ0v) is 44.4. The molecule has 4 fully saturated rings. The van der Waals surface area contributed by atoms with Gasteiger partial charge in [-0.25, -0.2) is 22.4 Å². The minimum Gasteiger partial charge on any atom is -0.488 e. The molecule has 4 aromatic carbocycles. The highest BCUT2D eigenvalue weighted by Gasteiger charge is 2.51. The average Bonchev–Trinajstić information content (AvgIpc) is 4.06. The van der Waals surface area contributed by atoms with Crippen molar-refractivity contribution in [2.45, 2.75) is 89.2 Å². The van der Waals surface area contributed by atoms with E-state index in [0.717, 1.165) is 31.4 Å². The fourth-order valence-electron chi connectivity index (χ4n) is 13.1. The first-order valence-corrected chi connectivity index (χ1v) is 27.1. The number of aliphatic hydroxyl groups excluding tert-OH is 1. The van der Waals surface area contributed by atoms with E-state index in [1.165, 1.54) is 33.8 Å². The van der Waals surface area contributed by atoms with Crippen molar-refractivity contribution >= 4 is 52.1 Å². The van der Waals surface area contributed by atoms with Crippen molar-refractivity contribution in [2.24, 2.45) is 36.5 Å². The molecule has 0 spiro atoms. The minimum absolute atomic E-state index is 0.0245. The molecular formula is C57H65ClF4N8O7. The zero-order chi connectivity index (χ0) is 54.6. The number of benzene rings is 4. The number of carbonyl (C=O) groups excluding carboxylic acids is 4. The number of hydrogen-bond donors (Lipinski definition) is 4. The van der Waals surface area contributed by atoms with Gasteiger partial charge in [0.2, 0.25) is 17.7 Å².